The highest BCUT2D eigenvalue weighted by atomic mass is 16.5. The second-order valence-electron chi connectivity index (χ2n) is 5.85. The molecule has 0 fully saturated rings. The maximum atomic E-state index is 12.4. The van der Waals surface area contributed by atoms with E-state index < -0.39 is 11.5 Å². The van der Waals surface area contributed by atoms with Gasteiger partial charge in [0.15, 0.2) is 11.5 Å². The van der Waals surface area contributed by atoms with Crippen LogP contribution in [0.15, 0.2) is 59.7 Å². The van der Waals surface area contributed by atoms with E-state index in [1.807, 2.05) is 12.1 Å². The van der Waals surface area contributed by atoms with Crippen molar-refractivity contribution in [3.05, 3.63) is 82.0 Å². The summed E-state index contributed by atoms with van der Waals surface area (Å²) in [5, 5.41) is 2.70. The van der Waals surface area contributed by atoms with Gasteiger partial charge < -0.3 is 19.8 Å². The first-order valence-corrected chi connectivity index (χ1v) is 8.28. The quantitative estimate of drug-likeness (QED) is 0.701. The SMILES string of the molecule is COc1ccc(NC(=O)c2ccc(C)[nH]c2=O)cc1OCc1ccncc1. The van der Waals surface area contributed by atoms with Gasteiger partial charge in [0.25, 0.3) is 11.5 Å². The molecule has 3 aromatic rings. The average Bonchev–Trinajstić information content (AvgIpc) is 2.67. The van der Waals surface area contributed by atoms with Crippen molar-refractivity contribution >= 4 is 11.6 Å². The highest BCUT2D eigenvalue weighted by Crippen LogP contribution is 2.31. The van der Waals surface area contributed by atoms with E-state index in [9.17, 15) is 9.59 Å². The van der Waals surface area contributed by atoms with Crippen LogP contribution in [0, 0.1) is 6.92 Å². The number of carbonyl (C=O) groups excluding carboxylic acids is 1. The molecule has 0 saturated heterocycles. The van der Waals surface area contributed by atoms with Gasteiger partial charge in [0.2, 0.25) is 0 Å². The molecule has 0 radical (unpaired) electrons. The van der Waals surface area contributed by atoms with Crippen molar-refractivity contribution in [2.24, 2.45) is 0 Å². The second kappa shape index (κ2) is 8.18. The zero-order valence-electron chi connectivity index (χ0n) is 15.0. The number of hydrogen-bond donors (Lipinski definition) is 2. The van der Waals surface area contributed by atoms with E-state index in [1.165, 1.54) is 6.07 Å². The number of nitrogens with one attached hydrogen (secondary N) is 2. The normalized spacial score (nSPS) is 10.3. The average molecular weight is 365 g/mol. The number of nitrogens with zero attached hydrogens (tertiary/aromatic N) is 1. The summed E-state index contributed by atoms with van der Waals surface area (Å²) in [4.78, 5) is 30.9. The number of aromatic amines is 1. The maximum absolute atomic E-state index is 12.4. The summed E-state index contributed by atoms with van der Waals surface area (Å²) < 4.78 is 11.1. The van der Waals surface area contributed by atoms with Crippen LogP contribution in [0.4, 0.5) is 5.69 Å². The number of methoxy groups -OCH3 is 1. The molecule has 0 aliphatic rings. The Morgan fingerprint density at radius 2 is 1.89 bits per heavy atom. The van der Waals surface area contributed by atoms with Crippen molar-refractivity contribution in [2.45, 2.75) is 13.5 Å². The fraction of sp³-hybridized carbons (Fsp3) is 0.150. The minimum Gasteiger partial charge on any atom is -0.493 e. The van der Waals surface area contributed by atoms with Crippen molar-refractivity contribution in [3.8, 4) is 11.5 Å². The van der Waals surface area contributed by atoms with Crippen molar-refractivity contribution in [1.29, 1.82) is 0 Å². The lowest BCUT2D eigenvalue weighted by atomic mass is 10.2. The molecule has 2 N–H and O–H groups in total. The standard InChI is InChI=1S/C20H19N3O4/c1-13-3-5-16(19(24)22-13)20(25)23-15-4-6-17(26-2)18(11-15)27-12-14-7-9-21-10-8-14/h3-11H,12H2,1-2H3,(H,22,24)(H,23,25). The Morgan fingerprint density at radius 1 is 1.11 bits per heavy atom. The van der Waals surface area contributed by atoms with E-state index in [0.717, 1.165) is 5.56 Å². The minimum absolute atomic E-state index is 0.0377. The van der Waals surface area contributed by atoms with E-state index in [0.29, 0.717) is 29.5 Å². The van der Waals surface area contributed by atoms with Gasteiger partial charge in [-0.15, -0.1) is 0 Å². The Balaban J connectivity index is 1.78. The van der Waals surface area contributed by atoms with Gasteiger partial charge in [-0.3, -0.25) is 14.6 Å². The molecule has 0 aliphatic heterocycles. The van der Waals surface area contributed by atoms with Crippen molar-refractivity contribution in [2.75, 3.05) is 12.4 Å². The number of carbonyl (C=O) groups is 1. The molecule has 0 saturated carbocycles. The van der Waals surface area contributed by atoms with Gasteiger partial charge in [0, 0.05) is 29.8 Å². The monoisotopic (exact) mass is 365 g/mol. The summed E-state index contributed by atoms with van der Waals surface area (Å²) >= 11 is 0. The van der Waals surface area contributed by atoms with Crippen molar-refractivity contribution in [1.82, 2.24) is 9.97 Å². The summed E-state index contributed by atoms with van der Waals surface area (Å²) in [6.45, 7) is 2.08. The van der Waals surface area contributed by atoms with Crippen LogP contribution in [0.1, 0.15) is 21.6 Å². The van der Waals surface area contributed by atoms with E-state index >= 15 is 0 Å². The molecule has 0 atom stereocenters. The zero-order valence-corrected chi connectivity index (χ0v) is 15.0. The predicted molar refractivity (Wildman–Crippen MR) is 101 cm³/mol. The molecule has 7 heteroatoms. The van der Waals surface area contributed by atoms with E-state index in [4.69, 9.17) is 9.47 Å². The number of rotatable bonds is 6. The first-order valence-electron chi connectivity index (χ1n) is 8.28. The topological polar surface area (TPSA) is 93.3 Å². The van der Waals surface area contributed by atoms with Gasteiger partial charge in [-0.2, -0.15) is 0 Å². The number of H-pyrrole nitrogens is 1. The lowest BCUT2D eigenvalue weighted by Crippen LogP contribution is -2.23. The number of amides is 1. The van der Waals surface area contributed by atoms with E-state index in [-0.39, 0.29) is 5.56 Å². The van der Waals surface area contributed by atoms with Crippen molar-refractivity contribution < 1.29 is 14.3 Å². The van der Waals surface area contributed by atoms with Gasteiger partial charge in [-0.1, -0.05) is 0 Å². The smallest absolute Gasteiger partial charge is 0.261 e. The van der Waals surface area contributed by atoms with Gasteiger partial charge in [0.1, 0.15) is 12.2 Å². The molecular weight excluding hydrogens is 346 g/mol. The number of hydrogen-bond acceptors (Lipinski definition) is 5. The first-order chi connectivity index (χ1) is 13.1. The predicted octanol–water partition coefficient (Wildman–Crippen LogP) is 2.92. The van der Waals surface area contributed by atoms with E-state index in [2.05, 4.69) is 15.3 Å². The Kier molecular flexibility index (Phi) is 5.51. The van der Waals surface area contributed by atoms with Crippen LogP contribution < -0.4 is 20.3 Å². The molecule has 138 valence electrons. The molecule has 0 spiro atoms. The second-order valence-corrected chi connectivity index (χ2v) is 5.85. The third-order valence-electron chi connectivity index (χ3n) is 3.87. The van der Waals surface area contributed by atoms with Crippen LogP contribution in [0.5, 0.6) is 11.5 Å². The summed E-state index contributed by atoms with van der Waals surface area (Å²) in [6.07, 6.45) is 3.37. The molecule has 0 bridgehead atoms. The van der Waals surface area contributed by atoms with Crippen LogP contribution >= 0.6 is 0 Å². The summed E-state index contributed by atoms with van der Waals surface area (Å²) in [5.74, 6) is 0.515. The number of pyridine rings is 2. The number of aromatic nitrogens is 2. The maximum Gasteiger partial charge on any atom is 0.261 e. The third-order valence-corrected chi connectivity index (χ3v) is 3.87. The van der Waals surface area contributed by atoms with Crippen LogP contribution in [0.2, 0.25) is 0 Å². The highest BCUT2D eigenvalue weighted by molar-refractivity contribution is 6.04. The van der Waals surface area contributed by atoms with Gasteiger partial charge in [0.05, 0.1) is 7.11 Å². The molecule has 3 rings (SSSR count). The summed E-state index contributed by atoms with van der Waals surface area (Å²) in [5.41, 5.74) is 1.73. The zero-order chi connectivity index (χ0) is 19.2. The Labute approximate surface area is 156 Å². The lowest BCUT2D eigenvalue weighted by Gasteiger charge is -2.13. The number of aryl methyl sites for hydroxylation is 1. The summed E-state index contributed by atoms with van der Waals surface area (Å²) in [6, 6.07) is 11.9. The van der Waals surface area contributed by atoms with Gasteiger partial charge >= 0.3 is 0 Å². The van der Waals surface area contributed by atoms with Crippen LogP contribution in [0.25, 0.3) is 0 Å². The Hall–Kier alpha value is -3.61. The number of ether oxygens (including phenoxy) is 2. The Morgan fingerprint density at radius 3 is 2.59 bits per heavy atom. The fourth-order valence-electron chi connectivity index (χ4n) is 2.46. The molecule has 2 aromatic heterocycles. The largest absolute Gasteiger partial charge is 0.493 e. The molecule has 2 heterocycles. The number of anilines is 1. The molecule has 0 unspecified atom stereocenters. The lowest BCUT2D eigenvalue weighted by molar-refractivity contribution is 0.102. The van der Waals surface area contributed by atoms with Crippen LogP contribution in [-0.4, -0.2) is 23.0 Å². The van der Waals surface area contributed by atoms with Crippen LogP contribution in [0.3, 0.4) is 0 Å². The molecule has 0 aliphatic carbocycles. The minimum atomic E-state index is -0.499. The first kappa shape index (κ1) is 18.2. The summed E-state index contributed by atoms with van der Waals surface area (Å²) in [7, 11) is 1.54. The van der Waals surface area contributed by atoms with Crippen molar-refractivity contribution in [3.63, 3.8) is 0 Å². The Bertz CT molecular complexity index is 1000. The molecular formula is C20H19N3O4. The molecule has 1 amide bonds. The molecule has 1 aromatic carbocycles. The number of benzene rings is 1. The van der Waals surface area contributed by atoms with E-state index in [1.54, 1.807) is 50.7 Å². The van der Waals surface area contributed by atoms with Gasteiger partial charge in [-0.25, -0.2) is 0 Å². The van der Waals surface area contributed by atoms with Gasteiger partial charge in [-0.05, 0) is 48.9 Å². The van der Waals surface area contributed by atoms with Crippen LogP contribution in [-0.2, 0) is 6.61 Å². The highest BCUT2D eigenvalue weighted by Gasteiger charge is 2.13. The molecule has 27 heavy (non-hydrogen) atoms. The molecule has 7 nitrogen and oxygen atoms in total. The third kappa shape index (κ3) is 4.52. The fourth-order valence-corrected chi connectivity index (χ4v) is 2.46.